The van der Waals surface area contributed by atoms with Crippen LogP contribution in [0.25, 0.3) is 0 Å². The summed E-state index contributed by atoms with van der Waals surface area (Å²) in [6.45, 7) is 4.72. The first-order valence-electron chi connectivity index (χ1n) is 9.71. The molecule has 5 rings (SSSR count). The Balaban J connectivity index is 1.43. The summed E-state index contributed by atoms with van der Waals surface area (Å²) in [5.41, 5.74) is 5.34. The topological polar surface area (TPSA) is 47.6 Å². The third kappa shape index (κ3) is 3.02. The summed E-state index contributed by atoms with van der Waals surface area (Å²) < 4.78 is 5.78. The highest BCUT2D eigenvalue weighted by molar-refractivity contribution is 8.43. The summed E-state index contributed by atoms with van der Waals surface area (Å²) in [6.07, 6.45) is 3.52. The Morgan fingerprint density at radius 3 is 2.72 bits per heavy atom. The molecule has 3 aliphatic heterocycles. The fourth-order valence-electron chi connectivity index (χ4n) is 3.99. The van der Waals surface area contributed by atoms with Gasteiger partial charge in [0.1, 0.15) is 17.0 Å². The molecule has 2 aromatic rings. The summed E-state index contributed by atoms with van der Waals surface area (Å²) in [5, 5.41) is 4.55. The lowest BCUT2D eigenvalue weighted by Crippen LogP contribution is -2.35. The number of rotatable bonds is 4. The molecular weight excluding hydrogens is 382 g/mol. The van der Waals surface area contributed by atoms with E-state index in [4.69, 9.17) is 9.57 Å². The van der Waals surface area contributed by atoms with Gasteiger partial charge in [-0.25, -0.2) is 0 Å². The number of hydrogen-bond acceptors (Lipinski definition) is 4. The Bertz CT molecular complexity index is 1080. The third-order valence-corrected chi connectivity index (χ3v) is 8.77. The first kappa shape index (κ1) is 18.3. The van der Waals surface area contributed by atoms with Crippen molar-refractivity contribution in [3.8, 4) is 5.75 Å². The highest BCUT2D eigenvalue weighted by atomic mass is 32.3. The Morgan fingerprint density at radius 1 is 1.17 bits per heavy atom. The van der Waals surface area contributed by atoms with Gasteiger partial charge in [-0.05, 0) is 60.6 Å². The predicted molar refractivity (Wildman–Crippen MR) is 116 cm³/mol. The van der Waals surface area contributed by atoms with Gasteiger partial charge in [0.05, 0.1) is 6.61 Å². The highest BCUT2D eigenvalue weighted by Crippen LogP contribution is 2.72. The molecule has 0 aromatic heterocycles. The molecule has 1 unspecified atom stereocenters. The zero-order valence-electron chi connectivity index (χ0n) is 16.5. The molecule has 0 amide bonds. The highest BCUT2D eigenvalue weighted by Gasteiger charge is 2.38. The van der Waals surface area contributed by atoms with E-state index in [-0.39, 0.29) is 5.78 Å². The van der Waals surface area contributed by atoms with Crippen LogP contribution in [0.1, 0.15) is 29.8 Å². The van der Waals surface area contributed by atoms with Crippen LogP contribution >= 0.6 is 10.0 Å². The normalized spacial score (nSPS) is 24.9. The second-order valence-corrected chi connectivity index (χ2v) is 10.8. The van der Waals surface area contributed by atoms with E-state index < -0.39 is 15.6 Å². The van der Waals surface area contributed by atoms with Crippen LogP contribution in [0.4, 0.5) is 0 Å². The Morgan fingerprint density at radius 2 is 1.97 bits per heavy atom. The van der Waals surface area contributed by atoms with Crippen LogP contribution in [0.15, 0.2) is 87.7 Å². The van der Waals surface area contributed by atoms with Crippen LogP contribution in [-0.2, 0) is 10.4 Å². The molecule has 1 atom stereocenters. The molecule has 1 spiro atoms. The summed E-state index contributed by atoms with van der Waals surface area (Å²) in [6, 6.07) is 15.9. The number of fused-ring (bicyclic) bond motifs is 2. The van der Waals surface area contributed by atoms with Gasteiger partial charge in [0, 0.05) is 21.8 Å². The van der Waals surface area contributed by atoms with Gasteiger partial charge in [0.25, 0.3) is 0 Å². The number of hydroxylamine groups is 1. The van der Waals surface area contributed by atoms with Crippen molar-refractivity contribution in [3.63, 3.8) is 0 Å². The van der Waals surface area contributed by atoms with E-state index in [9.17, 15) is 4.79 Å². The first-order chi connectivity index (χ1) is 14.0. The number of hydrogen-bond donors (Lipinski definition) is 1. The van der Waals surface area contributed by atoms with Crippen LogP contribution in [0.2, 0.25) is 0 Å². The maximum atomic E-state index is 13.0. The maximum absolute atomic E-state index is 13.0. The minimum Gasteiger partial charge on any atom is -0.492 e. The van der Waals surface area contributed by atoms with E-state index in [0.29, 0.717) is 5.56 Å². The molecule has 0 saturated carbocycles. The zero-order chi connectivity index (χ0) is 20.1. The predicted octanol–water partition coefficient (Wildman–Crippen LogP) is 5.19. The van der Waals surface area contributed by atoms with Gasteiger partial charge in [-0.2, -0.15) is 10.0 Å². The molecule has 2 aromatic carbocycles. The van der Waals surface area contributed by atoms with Crippen LogP contribution in [0.3, 0.4) is 0 Å². The maximum Gasteiger partial charge on any atom is 0.185 e. The standard InChI is InChI=1S/C24H23NO3S/c1-17-20(24(2,25-28-17)19-6-4-3-5-7-19)9-10-21(26)18-8-11-22-23(16-18)29(14-15-29)13-12-27-22/h3-11,14-16,25H,12-13H2,1-2H3/b10-9+. The van der Waals surface area contributed by atoms with Gasteiger partial charge in [-0.15, -0.1) is 5.48 Å². The van der Waals surface area contributed by atoms with E-state index >= 15 is 0 Å². The Kier molecular flexibility index (Phi) is 4.19. The molecule has 3 heterocycles. The first-order valence-corrected chi connectivity index (χ1v) is 11.6. The zero-order valence-corrected chi connectivity index (χ0v) is 17.3. The second-order valence-electron chi connectivity index (χ2n) is 7.70. The molecule has 4 nitrogen and oxygen atoms in total. The van der Waals surface area contributed by atoms with Crippen molar-refractivity contribution in [2.24, 2.45) is 0 Å². The lowest BCUT2D eigenvalue weighted by molar-refractivity contribution is 0.0846. The number of carbonyl (C=O) groups excluding carboxylic acids is 1. The molecule has 0 bridgehead atoms. The number of carbonyl (C=O) groups is 1. The molecule has 1 N–H and O–H groups in total. The van der Waals surface area contributed by atoms with E-state index in [0.717, 1.165) is 35.0 Å². The summed E-state index contributed by atoms with van der Waals surface area (Å²) in [5.74, 6) is 2.69. The van der Waals surface area contributed by atoms with Gasteiger partial charge in [-0.3, -0.25) is 4.79 Å². The van der Waals surface area contributed by atoms with Crippen molar-refractivity contribution in [3.05, 3.63) is 94.0 Å². The van der Waals surface area contributed by atoms with E-state index in [1.54, 1.807) is 6.08 Å². The van der Waals surface area contributed by atoms with Crippen molar-refractivity contribution in [1.29, 1.82) is 0 Å². The largest absolute Gasteiger partial charge is 0.492 e. The van der Waals surface area contributed by atoms with Crippen molar-refractivity contribution in [1.82, 2.24) is 5.48 Å². The number of ether oxygens (including phenoxy) is 1. The van der Waals surface area contributed by atoms with Crippen molar-refractivity contribution < 1.29 is 14.4 Å². The Hall–Kier alpha value is -2.76. The van der Waals surface area contributed by atoms with Gasteiger partial charge in [-0.1, -0.05) is 30.3 Å². The molecule has 0 fully saturated rings. The summed E-state index contributed by atoms with van der Waals surface area (Å²) >= 11 is 0. The van der Waals surface area contributed by atoms with Crippen molar-refractivity contribution in [2.45, 2.75) is 24.3 Å². The van der Waals surface area contributed by atoms with E-state index in [1.165, 1.54) is 4.90 Å². The van der Waals surface area contributed by atoms with Gasteiger partial charge >= 0.3 is 0 Å². The SMILES string of the molecule is CC1=C(/C=C/C(=O)c2ccc3c(c2)S2(C=C2)CCO3)C(C)(c2ccccc2)NO1. The Labute approximate surface area is 172 Å². The molecular formula is C24H23NO3S. The van der Waals surface area contributed by atoms with Crippen LogP contribution in [0, 0.1) is 0 Å². The molecule has 0 aliphatic carbocycles. The number of nitrogens with one attached hydrogen (secondary N) is 1. The fourth-order valence-corrected chi connectivity index (χ4v) is 6.52. The van der Waals surface area contributed by atoms with Crippen LogP contribution < -0.4 is 10.2 Å². The molecule has 29 heavy (non-hydrogen) atoms. The third-order valence-electron chi connectivity index (χ3n) is 5.86. The number of allylic oxidation sites excluding steroid dienone is 2. The van der Waals surface area contributed by atoms with Crippen molar-refractivity contribution >= 4 is 15.8 Å². The van der Waals surface area contributed by atoms with Gasteiger partial charge in [0.2, 0.25) is 0 Å². The van der Waals surface area contributed by atoms with Gasteiger partial charge < -0.3 is 9.57 Å². The second kappa shape index (κ2) is 6.65. The lowest BCUT2D eigenvalue weighted by Gasteiger charge is -2.30. The molecule has 148 valence electrons. The summed E-state index contributed by atoms with van der Waals surface area (Å²) in [4.78, 5) is 19.8. The fraction of sp³-hybridized carbons (Fsp3) is 0.208. The van der Waals surface area contributed by atoms with Crippen LogP contribution in [-0.4, -0.2) is 18.1 Å². The quantitative estimate of drug-likeness (QED) is 0.562. The monoisotopic (exact) mass is 405 g/mol. The smallest absolute Gasteiger partial charge is 0.185 e. The lowest BCUT2D eigenvalue weighted by atomic mass is 9.84. The van der Waals surface area contributed by atoms with E-state index in [2.05, 4.69) is 35.4 Å². The average molecular weight is 406 g/mol. The molecule has 3 aliphatic rings. The molecule has 0 radical (unpaired) electrons. The molecule has 0 saturated heterocycles. The molecule has 5 heteroatoms. The number of benzene rings is 2. The van der Waals surface area contributed by atoms with Crippen molar-refractivity contribution in [2.75, 3.05) is 12.4 Å². The number of ketones is 1. The van der Waals surface area contributed by atoms with E-state index in [1.807, 2.05) is 49.4 Å². The average Bonchev–Trinajstić information content (AvgIpc) is 3.46. The van der Waals surface area contributed by atoms with Gasteiger partial charge in [0.15, 0.2) is 5.78 Å². The minimum atomic E-state index is -0.933. The summed E-state index contributed by atoms with van der Waals surface area (Å²) in [7, 11) is -0.933. The van der Waals surface area contributed by atoms with Crippen LogP contribution in [0.5, 0.6) is 5.75 Å². The minimum absolute atomic E-state index is 0.0174.